The highest BCUT2D eigenvalue weighted by atomic mass is 16.0. The van der Waals surface area contributed by atoms with Crippen molar-refractivity contribution in [1.29, 1.82) is 5.41 Å². The molecule has 0 saturated carbocycles. The van der Waals surface area contributed by atoms with E-state index in [9.17, 15) is 0 Å². The lowest BCUT2D eigenvalue weighted by atomic mass is 10.8. The topological polar surface area (TPSA) is 43.3 Å². The van der Waals surface area contributed by atoms with Crippen molar-refractivity contribution < 1.29 is 0 Å². The first-order chi connectivity index (χ1) is 7.20. The molecule has 0 fully saturated rings. The van der Waals surface area contributed by atoms with Gasteiger partial charge in [-0.25, -0.2) is 30.3 Å². The fraction of sp³-hybridized carbons (Fsp3) is 0.889. The number of hydrazine groups is 4. The summed E-state index contributed by atoms with van der Waals surface area (Å²) in [5, 5.41) is 19.1. The van der Waals surface area contributed by atoms with Crippen molar-refractivity contribution in [3.05, 3.63) is 0 Å². The maximum absolute atomic E-state index is 8.21. The van der Waals surface area contributed by atoms with Crippen LogP contribution in [0.4, 0.5) is 0 Å². The van der Waals surface area contributed by atoms with Gasteiger partial charge in [-0.15, -0.1) is 0 Å². The largest absolute Gasteiger partial charge is 0.264 e. The summed E-state index contributed by atoms with van der Waals surface area (Å²) in [6.45, 7) is 0. The van der Waals surface area contributed by atoms with Gasteiger partial charge in [0.25, 0.3) is 5.96 Å². The SMILES string of the molecule is CN(C)N(C(=N)N(N(C)C)N(C)C)N(C)C. The second-order valence-corrected chi connectivity index (χ2v) is 4.29. The van der Waals surface area contributed by atoms with E-state index in [2.05, 4.69) is 0 Å². The number of rotatable bonds is 4. The Morgan fingerprint density at radius 1 is 0.562 bits per heavy atom. The first kappa shape index (κ1) is 15.1. The standard InChI is InChI=1S/C9H25N7/c1-11(2)15(12(3)4)9(10)16(13(5)6)14(7)8/h10H,1-8H3. The van der Waals surface area contributed by atoms with Crippen molar-refractivity contribution in [3.63, 3.8) is 0 Å². The Labute approximate surface area is 98.8 Å². The molecule has 0 atom stereocenters. The van der Waals surface area contributed by atoms with Crippen LogP contribution in [-0.4, -0.2) is 92.6 Å². The number of nitrogens with zero attached hydrogens (tertiary/aromatic N) is 6. The summed E-state index contributed by atoms with van der Waals surface area (Å²) < 4.78 is 0. The molecule has 0 aliphatic rings. The summed E-state index contributed by atoms with van der Waals surface area (Å²) in [6.07, 6.45) is 0. The molecule has 7 heteroatoms. The average Bonchev–Trinajstić information content (AvgIpc) is 1.99. The van der Waals surface area contributed by atoms with Crippen LogP contribution in [0.5, 0.6) is 0 Å². The Kier molecular flexibility index (Phi) is 5.66. The first-order valence-corrected chi connectivity index (χ1v) is 5.07. The van der Waals surface area contributed by atoms with Gasteiger partial charge in [-0.3, -0.25) is 5.41 Å². The maximum atomic E-state index is 8.21. The lowest BCUT2D eigenvalue weighted by molar-refractivity contribution is -0.132. The molecule has 16 heavy (non-hydrogen) atoms. The smallest absolute Gasteiger partial charge is 0.254 e. The fourth-order valence-electron chi connectivity index (χ4n) is 1.55. The molecule has 0 aromatic carbocycles. The molecule has 0 aromatic rings. The van der Waals surface area contributed by atoms with E-state index in [1.54, 1.807) is 10.2 Å². The Balaban J connectivity index is 4.96. The van der Waals surface area contributed by atoms with Crippen molar-refractivity contribution in [3.8, 4) is 0 Å². The van der Waals surface area contributed by atoms with Gasteiger partial charge in [0.05, 0.1) is 0 Å². The lowest BCUT2D eigenvalue weighted by Gasteiger charge is -2.43. The summed E-state index contributed by atoms with van der Waals surface area (Å²) in [5.74, 6) is 0.352. The van der Waals surface area contributed by atoms with E-state index in [-0.39, 0.29) is 0 Å². The predicted molar refractivity (Wildman–Crippen MR) is 66.2 cm³/mol. The summed E-state index contributed by atoms with van der Waals surface area (Å²) in [6, 6.07) is 0. The van der Waals surface area contributed by atoms with Gasteiger partial charge >= 0.3 is 0 Å². The van der Waals surface area contributed by atoms with E-state index in [0.29, 0.717) is 5.96 Å². The van der Waals surface area contributed by atoms with Crippen LogP contribution in [0.3, 0.4) is 0 Å². The molecular weight excluding hydrogens is 206 g/mol. The van der Waals surface area contributed by atoms with Crippen LogP contribution in [-0.2, 0) is 0 Å². The minimum absolute atomic E-state index is 0.352. The predicted octanol–water partition coefficient (Wildman–Crippen LogP) is -0.568. The Hall–Kier alpha value is -0.890. The van der Waals surface area contributed by atoms with Crippen LogP contribution in [0.1, 0.15) is 0 Å². The van der Waals surface area contributed by atoms with Crippen LogP contribution in [0.25, 0.3) is 0 Å². The maximum Gasteiger partial charge on any atom is 0.254 e. The second-order valence-electron chi connectivity index (χ2n) is 4.29. The molecular formula is C9H25N7. The molecule has 0 aliphatic heterocycles. The third-order valence-electron chi connectivity index (χ3n) is 1.89. The minimum Gasteiger partial charge on any atom is -0.264 e. The van der Waals surface area contributed by atoms with Crippen LogP contribution < -0.4 is 0 Å². The zero-order chi connectivity index (χ0) is 13.0. The van der Waals surface area contributed by atoms with E-state index in [1.165, 1.54) is 0 Å². The summed E-state index contributed by atoms with van der Waals surface area (Å²) in [7, 11) is 15.2. The molecule has 1 N–H and O–H groups in total. The molecule has 0 unspecified atom stereocenters. The first-order valence-electron chi connectivity index (χ1n) is 5.07. The molecule has 0 saturated heterocycles. The van der Waals surface area contributed by atoms with Crippen LogP contribution in [0.2, 0.25) is 0 Å². The normalized spacial score (nSPS) is 11.8. The van der Waals surface area contributed by atoms with Crippen LogP contribution in [0, 0.1) is 5.41 Å². The second kappa shape index (κ2) is 6.00. The number of hydrogen-bond acceptors (Lipinski definition) is 5. The molecule has 0 aliphatic carbocycles. The molecule has 0 amide bonds. The zero-order valence-corrected chi connectivity index (χ0v) is 11.7. The molecule has 7 nitrogen and oxygen atoms in total. The summed E-state index contributed by atoms with van der Waals surface area (Å²) in [5.41, 5.74) is 0. The Bertz CT molecular complexity index is 186. The van der Waals surface area contributed by atoms with E-state index in [4.69, 9.17) is 5.41 Å². The van der Waals surface area contributed by atoms with Gasteiger partial charge in [-0.05, 0) is 0 Å². The van der Waals surface area contributed by atoms with E-state index >= 15 is 0 Å². The van der Waals surface area contributed by atoms with Gasteiger partial charge in [-0.2, -0.15) is 0 Å². The number of nitrogens with one attached hydrogen (secondary N) is 1. The number of hydrogen-bond donors (Lipinski definition) is 1. The van der Waals surface area contributed by atoms with E-state index < -0.39 is 0 Å². The minimum atomic E-state index is 0.352. The van der Waals surface area contributed by atoms with Gasteiger partial charge in [0.2, 0.25) is 0 Å². The monoisotopic (exact) mass is 231 g/mol. The molecule has 0 aromatic heterocycles. The van der Waals surface area contributed by atoms with Gasteiger partial charge in [0, 0.05) is 56.4 Å². The lowest BCUT2D eigenvalue weighted by Crippen LogP contribution is -2.61. The quantitative estimate of drug-likeness (QED) is 0.397. The Morgan fingerprint density at radius 2 is 0.750 bits per heavy atom. The van der Waals surface area contributed by atoms with Crippen molar-refractivity contribution >= 4 is 5.96 Å². The van der Waals surface area contributed by atoms with Crippen molar-refractivity contribution in [1.82, 2.24) is 30.3 Å². The number of guanidine groups is 1. The third-order valence-corrected chi connectivity index (χ3v) is 1.89. The van der Waals surface area contributed by atoms with Gasteiger partial charge < -0.3 is 0 Å². The zero-order valence-electron chi connectivity index (χ0n) is 11.7. The van der Waals surface area contributed by atoms with Gasteiger partial charge in [0.15, 0.2) is 0 Å². The molecule has 0 spiro atoms. The molecule has 0 radical (unpaired) electrons. The van der Waals surface area contributed by atoms with E-state index in [0.717, 1.165) is 0 Å². The molecule has 0 rings (SSSR count). The molecule has 96 valence electrons. The summed E-state index contributed by atoms with van der Waals surface area (Å²) in [4.78, 5) is 0. The molecule has 0 heterocycles. The van der Waals surface area contributed by atoms with Gasteiger partial charge in [0.1, 0.15) is 0 Å². The highest BCUT2D eigenvalue weighted by molar-refractivity contribution is 5.74. The van der Waals surface area contributed by atoms with Crippen molar-refractivity contribution in [2.75, 3.05) is 56.4 Å². The van der Waals surface area contributed by atoms with Crippen molar-refractivity contribution in [2.24, 2.45) is 0 Å². The Morgan fingerprint density at radius 3 is 0.875 bits per heavy atom. The summed E-state index contributed by atoms with van der Waals surface area (Å²) >= 11 is 0. The van der Waals surface area contributed by atoms with Gasteiger partial charge in [-0.1, -0.05) is 0 Å². The van der Waals surface area contributed by atoms with Crippen molar-refractivity contribution in [2.45, 2.75) is 0 Å². The molecule has 0 bridgehead atoms. The van der Waals surface area contributed by atoms with Crippen LogP contribution >= 0.6 is 0 Å². The van der Waals surface area contributed by atoms with E-state index in [1.807, 2.05) is 76.4 Å². The average molecular weight is 231 g/mol. The highest BCUT2D eigenvalue weighted by Gasteiger charge is 2.24. The fourth-order valence-corrected chi connectivity index (χ4v) is 1.55. The van der Waals surface area contributed by atoms with Crippen LogP contribution in [0.15, 0.2) is 0 Å². The highest BCUT2D eigenvalue weighted by Crippen LogP contribution is 2.04. The third kappa shape index (κ3) is 3.60.